The molecule has 0 aromatic heterocycles. The Morgan fingerprint density at radius 1 is 1.33 bits per heavy atom. The van der Waals surface area contributed by atoms with Crippen LogP contribution in [0, 0.1) is 0 Å². The van der Waals surface area contributed by atoms with Crippen LogP contribution < -0.4 is 10.2 Å². The molecule has 0 saturated heterocycles. The Hall–Kier alpha value is -0.670. The highest BCUT2D eigenvalue weighted by molar-refractivity contribution is 7.51. The van der Waals surface area contributed by atoms with Crippen molar-refractivity contribution in [3.05, 3.63) is 35.9 Å². The van der Waals surface area contributed by atoms with Crippen LogP contribution in [0.3, 0.4) is 0 Å². The molecule has 0 spiro atoms. The fraction of sp³-hybridized carbons (Fsp3) is 0.538. The van der Waals surface area contributed by atoms with Crippen molar-refractivity contribution in [3.8, 4) is 0 Å². The minimum Gasteiger partial charge on any atom is -0.777 e. The number of hydrogen-bond donors (Lipinski definition) is 1. The molecule has 0 aliphatic carbocycles. The second kappa shape index (κ2) is 7.70. The summed E-state index contributed by atoms with van der Waals surface area (Å²) in [5.41, 5.74) is 0.723. The van der Waals surface area contributed by atoms with Crippen LogP contribution in [0.15, 0.2) is 30.3 Å². The van der Waals surface area contributed by atoms with E-state index in [4.69, 9.17) is 4.52 Å². The summed E-state index contributed by atoms with van der Waals surface area (Å²) in [4.78, 5) is 12.1. The molecule has 102 valence electrons. The fourth-order valence-electron chi connectivity index (χ4n) is 1.72. The van der Waals surface area contributed by atoms with Crippen LogP contribution in [0.5, 0.6) is 0 Å². The van der Waals surface area contributed by atoms with Gasteiger partial charge in [0.2, 0.25) is 0 Å². The van der Waals surface area contributed by atoms with E-state index in [2.05, 4.69) is 12.2 Å². The molecule has 5 heteroatoms. The monoisotopic (exact) mass is 270 g/mol. The highest BCUT2D eigenvalue weighted by Gasteiger charge is 2.23. The third kappa shape index (κ3) is 4.54. The maximum atomic E-state index is 12.1. The van der Waals surface area contributed by atoms with Gasteiger partial charge in [0.05, 0.1) is 12.4 Å². The van der Waals surface area contributed by atoms with Crippen molar-refractivity contribution in [2.24, 2.45) is 0 Å². The van der Waals surface area contributed by atoms with E-state index in [0.29, 0.717) is 6.54 Å². The van der Waals surface area contributed by atoms with Crippen LogP contribution in [-0.2, 0) is 9.09 Å². The molecular weight excluding hydrogens is 249 g/mol. The van der Waals surface area contributed by atoms with Crippen molar-refractivity contribution in [2.45, 2.75) is 32.5 Å². The maximum absolute atomic E-state index is 12.1. The van der Waals surface area contributed by atoms with Crippen molar-refractivity contribution in [2.75, 3.05) is 13.2 Å². The largest absolute Gasteiger partial charge is 0.777 e. The van der Waals surface area contributed by atoms with E-state index >= 15 is 0 Å². The lowest BCUT2D eigenvalue weighted by molar-refractivity contribution is -0.202. The fourth-order valence-corrected chi connectivity index (χ4v) is 3.12. The Bertz CT molecular complexity index is 383. The molecule has 1 rings (SSSR count). The van der Waals surface area contributed by atoms with E-state index in [1.165, 1.54) is 0 Å². The first-order valence-electron chi connectivity index (χ1n) is 6.35. The molecule has 0 saturated carbocycles. The summed E-state index contributed by atoms with van der Waals surface area (Å²) in [6, 6.07) is 9.12. The topological polar surface area (TPSA) is 61.4 Å². The lowest BCUT2D eigenvalue weighted by Gasteiger charge is -2.32. The summed E-state index contributed by atoms with van der Waals surface area (Å²) >= 11 is 0. The average Bonchev–Trinajstić information content (AvgIpc) is 2.35. The summed E-state index contributed by atoms with van der Waals surface area (Å²) < 4.78 is 17.0. The van der Waals surface area contributed by atoms with E-state index in [9.17, 15) is 9.46 Å². The van der Waals surface area contributed by atoms with Gasteiger partial charge in [-0.1, -0.05) is 43.7 Å². The zero-order valence-electron chi connectivity index (χ0n) is 11.0. The van der Waals surface area contributed by atoms with Crippen LogP contribution in [0.2, 0.25) is 0 Å². The molecule has 0 radical (unpaired) electrons. The molecule has 2 atom stereocenters. The minimum absolute atomic E-state index is 0.166. The molecule has 0 aliphatic rings. The first kappa shape index (κ1) is 15.4. The van der Waals surface area contributed by atoms with Gasteiger partial charge >= 0.3 is 0 Å². The molecule has 1 aromatic carbocycles. The third-order valence-corrected chi connectivity index (χ3v) is 4.34. The quantitative estimate of drug-likeness (QED) is 0.582. The molecule has 0 aliphatic heterocycles. The van der Waals surface area contributed by atoms with Gasteiger partial charge in [-0.2, -0.15) is 0 Å². The number of unbranched alkanes of at least 4 members (excludes halogenated alkanes) is 1. The summed E-state index contributed by atoms with van der Waals surface area (Å²) in [6.07, 6.45) is 1.96. The van der Waals surface area contributed by atoms with Gasteiger partial charge in [-0.05, 0) is 25.5 Å². The van der Waals surface area contributed by atoms with Crippen LogP contribution in [-0.4, -0.2) is 13.2 Å². The van der Waals surface area contributed by atoms with Gasteiger partial charge in [-0.15, -0.1) is 0 Å². The third-order valence-electron chi connectivity index (χ3n) is 2.61. The van der Waals surface area contributed by atoms with Crippen molar-refractivity contribution in [3.63, 3.8) is 0 Å². The second-order valence-corrected chi connectivity index (χ2v) is 5.93. The van der Waals surface area contributed by atoms with E-state index in [1.807, 2.05) is 18.2 Å². The van der Waals surface area contributed by atoms with E-state index in [1.54, 1.807) is 19.1 Å². The summed E-state index contributed by atoms with van der Waals surface area (Å²) in [6.45, 7) is 4.58. The smallest absolute Gasteiger partial charge is 0.156 e. The number of rotatable bonds is 8. The first-order chi connectivity index (χ1) is 8.61. The molecule has 0 amide bonds. The Kier molecular flexibility index (Phi) is 6.58. The Morgan fingerprint density at radius 3 is 2.56 bits per heavy atom. The van der Waals surface area contributed by atoms with Crippen molar-refractivity contribution in [1.82, 2.24) is 5.32 Å². The lowest BCUT2D eigenvalue weighted by atomic mass is 10.2. The average molecular weight is 270 g/mol. The van der Waals surface area contributed by atoms with Crippen molar-refractivity contribution >= 4 is 7.60 Å². The molecule has 0 heterocycles. The van der Waals surface area contributed by atoms with E-state index < -0.39 is 13.4 Å². The van der Waals surface area contributed by atoms with Crippen LogP contribution in [0.4, 0.5) is 0 Å². The van der Waals surface area contributed by atoms with E-state index in [0.717, 1.165) is 18.4 Å². The number of benzene rings is 1. The predicted molar refractivity (Wildman–Crippen MR) is 71.3 cm³/mol. The molecule has 1 aromatic rings. The van der Waals surface area contributed by atoms with Crippen LogP contribution >= 0.6 is 7.60 Å². The summed E-state index contributed by atoms with van der Waals surface area (Å²) in [7, 11) is -3.93. The van der Waals surface area contributed by atoms with Gasteiger partial charge < -0.3 is 19.3 Å². The zero-order valence-corrected chi connectivity index (χ0v) is 11.9. The number of hydrogen-bond acceptors (Lipinski definition) is 4. The molecule has 2 unspecified atom stereocenters. The first-order valence-corrected chi connectivity index (χ1v) is 7.96. The summed E-state index contributed by atoms with van der Waals surface area (Å²) in [5.74, 6) is -0.759. The Labute approximate surface area is 109 Å². The maximum Gasteiger partial charge on any atom is 0.156 e. The van der Waals surface area contributed by atoms with Crippen LogP contribution in [0.25, 0.3) is 0 Å². The van der Waals surface area contributed by atoms with Gasteiger partial charge in [0.15, 0.2) is 7.60 Å². The second-order valence-electron chi connectivity index (χ2n) is 4.08. The SMILES string of the molecule is CCCCNC(c1ccccc1)P(=O)([O-])OCC. The van der Waals surface area contributed by atoms with Gasteiger partial charge in [0, 0.05) is 0 Å². The lowest BCUT2D eigenvalue weighted by Crippen LogP contribution is -2.27. The van der Waals surface area contributed by atoms with Gasteiger partial charge in [0.25, 0.3) is 0 Å². The molecule has 0 fully saturated rings. The highest BCUT2D eigenvalue weighted by atomic mass is 31.2. The molecular formula is C13H21NO3P-. The van der Waals surface area contributed by atoms with Gasteiger partial charge in [-0.3, -0.25) is 0 Å². The van der Waals surface area contributed by atoms with Gasteiger partial charge in [-0.25, -0.2) is 0 Å². The normalized spacial score (nSPS) is 16.2. The van der Waals surface area contributed by atoms with E-state index in [-0.39, 0.29) is 6.61 Å². The minimum atomic E-state index is -3.93. The Morgan fingerprint density at radius 2 is 2.00 bits per heavy atom. The predicted octanol–water partition coefficient (Wildman–Crippen LogP) is 2.66. The molecule has 1 N–H and O–H groups in total. The summed E-state index contributed by atoms with van der Waals surface area (Å²) in [5, 5.41) is 3.06. The standard InChI is InChI=1S/C13H22NO3P/c1-3-5-11-14-13(18(15,16)17-4-2)12-9-7-6-8-10-12/h6-10,13-14H,3-5,11H2,1-2H3,(H,15,16)/p-1. The molecule has 18 heavy (non-hydrogen) atoms. The Balaban J connectivity index is 2.85. The van der Waals surface area contributed by atoms with Crippen molar-refractivity contribution < 1.29 is 14.0 Å². The van der Waals surface area contributed by atoms with Gasteiger partial charge in [0.1, 0.15) is 0 Å². The highest BCUT2D eigenvalue weighted by Crippen LogP contribution is 2.50. The number of nitrogens with one attached hydrogen (secondary N) is 1. The van der Waals surface area contributed by atoms with Crippen molar-refractivity contribution in [1.29, 1.82) is 0 Å². The van der Waals surface area contributed by atoms with Crippen LogP contribution in [0.1, 0.15) is 38.0 Å². The molecule has 0 bridgehead atoms. The zero-order chi connectivity index (χ0) is 13.4. The molecule has 4 nitrogen and oxygen atoms in total.